The van der Waals surface area contributed by atoms with Crippen LogP contribution < -0.4 is 4.74 Å². The second-order valence-electron chi connectivity index (χ2n) is 4.88. The van der Waals surface area contributed by atoms with E-state index in [-0.39, 0.29) is 0 Å². The summed E-state index contributed by atoms with van der Waals surface area (Å²) in [5.41, 5.74) is 0.884. The van der Waals surface area contributed by atoms with E-state index in [0.29, 0.717) is 18.2 Å². The third-order valence-corrected chi connectivity index (χ3v) is 3.38. The fourth-order valence-corrected chi connectivity index (χ4v) is 1.98. The predicted octanol–water partition coefficient (Wildman–Crippen LogP) is 4.66. The normalized spacial score (nSPS) is 11.6. The summed E-state index contributed by atoms with van der Waals surface area (Å²) in [6.45, 7) is 5.20. The molecule has 0 N–H and O–H groups in total. The summed E-state index contributed by atoms with van der Waals surface area (Å²) in [6.07, 6.45) is 9.09. The molecule has 0 fully saturated rings. The van der Waals surface area contributed by atoms with Crippen LogP contribution in [0.2, 0.25) is 0 Å². The molecular formula is C17H24ClNO. The van der Waals surface area contributed by atoms with Gasteiger partial charge in [0.25, 0.3) is 0 Å². The molecule has 1 aromatic rings. The Kier molecular flexibility index (Phi) is 8.91. The van der Waals surface area contributed by atoms with Gasteiger partial charge in [-0.1, -0.05) is 45.0 Å². The summed E-state index contributed by atoms with van der Waals surface area (Å²) in [5.74, 6) is 8.04. The minimum atomic E-state index is 0.562. The third-order valence-electron chi connectivity index (χ3n) is 3.19. The lowest BCUT2D eigenvalue weighted by Gasteiger charge is -2.15. The van der Waals surface area contributed by atoms with Gasteiger partial charge in [0.2, 0.25) is 0 Å². The molecule has 0 aromatic carbocycles. The van der Waals surface area contributed by atoms with Crippen LogP contribution in [-0.4, -0.2) is 17.5 Å². The van der Waals surface area contributed by atoms with Crippen molar-refractivity contribution in [1.29, 1.82) is 0 Å². The molecule has 0 aliphatic rings. The molecule has 1 heterocycles. The molecule has 1 aromatic heterocycles. The molecule has 0 saturated heterocycles. The van der Waals surface area contributed by atoms with Gasteiger partial charge in [0.15, 0.2) is 0 Å². The lowest BCUT2D eigenvalue weighted by Crippen LogP contribution is -2.11. The minimum absolute atomic E-state index is 0.562. The van der Waals surface area contributed by atoms with E-state index in [0.717, 1.165) is 24.3 Å². The molecule has 0 amide bonds. The number of hydrogen-bond acceptors (Lipinski definition) is 2. The second-order valence-corrected chi connectivity index (χ2v) is 5.26. The Balaban J connectivity index is 2.51. The molecule has 3 heteroatoms. The standard InChI is InChI=1S/C17H24ClNO/c1-3-5-8-15(4-2)14-20-17-11-16(12-19-13-17)9-6-7-10-18/h11-13,15H,3-5,7-8,10,14H2,1-2H3. The maximum absolute atomic E-state index is 5.85. The highest BCUT2D eigenvalue weighted by Gasteiger charge is 2.07. The second kappa shape index (κ2) is 10.6. The van der Waals surface area contributed by atoms with Gasteiger partial charge >= 0.3 is 0 Å². The molecule has 0 bridgehead atoms. The molecule has 0 saturated carbocycles. The van der Waals surface area contributed by atoms with Gasteiger partial charge in [-0.2, -0.15) is 0 Å². The fourth-order valence-electron chi connectivity index (χ4n) is 1.89. The SMILES string of the molecule is CCCCC(CC)COc1cncc(C#CCCCl)c1. The zero-order valence-corrected chi connectivity index (χ0v) is 13.2. The third kappa shape index (κ3) is 6.82. The van der Waals surface area contributed by atoms with E-state index in [1.54, 1.807) is 12.4 Å². The smallest absolute Gasteiger partial charge is 0.138 e. The predicted molar refractivity (Wildman–Crippen MR) is 85.3 cm³/mol. The van der Waals surface area contributed by atoms with Crippen LogP contribution in [0.4, 0.5) is 0 Å². The summed E-state index contributed by atoms with van der Waals surface area (Å²) in [4.78, 5) is 4.17. The summed E-state index contributed by atoms with van der Waals surface area (Å²) in [6, 6.07) is 1.95. The topological polar surface area (TPSA) is 22.1 Å². The zero-order valence-electron chi connectivity index (χ0n) is 12.5. The number of nitrogens with zero attached hydrogens (tertiary/aromatic N) is 1. The van der Waals surface area contributed by atoms with Crippen LogP contribution in [-0.2, 0) is 0 Å². The Morgan fingerprint density at radius 1 is 1.35 bits per heavy atom. The number of aromatic nitrogens is 1. The highest BCUT2D eigenvalue weighted by atomic mass is 35.5. The van der Waals surface area contributed by atoms with Crippen LogP contribution in [0.1, 0.15) is 51.5 Å². The van der Waals surface area contributed by atoms with Gasteiger partial charge in [-0.15, -0.1) is 11.6 Å². The van der Waals surface area contributed by atoms with Crippen LogP contribution in [0.15, 0.2) is 18.5 Å². The molecule has 110 valence electrons. The summed E-state index contributed by atoms with van der Waals surface area (Å²) in [5, 5.41) is 0. The number of pyridine rings is 1. The van der Waals surface area contributed by atoms with Crippen LogP contribution >= 0.6 is 11.6 Å². The molecule has 2 nitrogen and oxygen atoms in total. The maximum Gasteiger partial charge on any atom is 0.138 e. The molecule has 0 spiro atoms. The largest absolute Gasteiger partial charge is 0.492 e. The van der Waals surface area contributed by atoms with Crippen molar-refractivity contribution < 1.29 is 4.74 Å². The highest BCUT2D eigenvalue weighted by molar-refractivity contribution is 6.18. The molecule has 1 rings (SSSR count). The van der Waals surface area contributed by atoms with Crippen molar-refractivity contribution in [1.82, 2.24) is 4.98 Å². The van der Waals surface area contributed by atoms with Gasteiger partial charge < -0.3 is 4.74 Å². The van der Waals surface area contributed by atoms with E-state index in [9.17, 15) is 0 Å². The van der Waals surface area contributed by atoms with Gasteiger partial charge in [0, 0.05) is 24.1 Å². The Morgan fingerprint density at radius 3 is 2.90 bits per heavy atom. The minimum Gasteiger partial charge on any atom is -0.492 e. The van der Waals surface area contributed by atoms with Crippen LogP contribution in [0.5, 0.6) is 5.75 Å². The molecular weight excluding hydrogens is 270 g/mol. The van der Waals surface area contributed by atoms with E-state index >= 15 is 0 Å². The first kappa shape index (κ1) is 16.9. The summed E-state index contributed by atoms with van der Waals surface area (Å²) in [7, 11) is 0. The number of unbranched alkanes of at least 4 members (excludes halogenated alkanes) is 1. The molecule has 0 aliphatic heterocycles. The van der Waals surface area contributed by atoms with E-state index in [4.69, 9.17) is 16.3 Å². The van der Waals surface area contributed by atoms with Gasteiger partial charge in [0.05, 0.1) is 12.8 Å². The number of rotatable bonds is 8. The highest BCUT2D eigenvalue weighted by Crippen LogP contribution is 2.16. The Labute approximate surface area is 127 Å². The molecule has 1 atom stereocenters. The quantitative estimate of drug-likeness (QED) is 0.514. The first-order valence-corrected chi connectivity index (χ1v) is 7.96. The maximum atomic E-state index is 5.85. The van der Waals surface area contributed by atoms with Crippen LogP contribution in [0, 0.1) is 17.8 Å². The fraction of sp³-hybridized carbons (Fsp3) is 0.588. The van der Waals surface area contributed by atoms with Gasteiger partial charge in [-0.3, -0.25) is 4.98 Å². The van der Waals surface area contributed by atoms with E-state index in [2.05, 4.69) is 30.7 Å². The molecule has 0 radical (unpaired) electrons. The van der Waals surface area contributed by atoms with E-state index < -0.39 is 0 Å². The van der Waals surface area contributed by atoms with Crippen molar-refractivity contribution in [2.24, 2.45) is 5.92 Å². The Bertz CT molecular complexity index is 436. The number of halogens is 1. The monoisotopic (exact) mass is 293 g/mol. The zero-order chi connectivity index (χ0) is 14.6. The Hall–Kier alpha value is -1.20. The summed E-state index contributed by atoms with van der Waals surface area (Å²) < 4.78 is 5.85. The molecule has 1 unspecified atom stereocenters. The number of hydrogen-bond donors (Lipinski definition) is 0. The van der Waals surface area contributed by atoms with Gasteiger partial charge in [-0.25, -0.2) is 0 Å². The van der Waals surface area contributed by atoms with Crippen molar-refractivity contribution in [3.63, 3.8) is 0 Å². The van der Waals surface area contributed by atoms with E-state index in [1.165, 1.54) is 19.3 Å². The van der Waals surface area contributed by atoms with Crippen molar-refractivity contribution in [3.8, 4) is 17.6 Å². The lowest BCUT2D eigenvalue weighted by atomic mass is 10.0. The average molecular weight is 294 g/mol. The van der Waals surface area contributed by atoms with Crippen LogP contribution in [0.25, 0.3) is 0 Å². The van der Waals surface area contributed by atoms with Crippen molar-refractivity contribution in [2.45, 2.75) is 46.0 Å². The van der Waals surface area contributed by atoms with Crippen molar-refractivity contribution in [2.75, 3.05) is 12.5 Å². The van der Waals surface area contributed by atoms with Crippen molar-refractivity contribution >= 4 is 11.6 Å². The number of alkyl halides is 1. The number of ether oxygens (including phenoxy) is 1. The van der Waals surface area contributed by atoms with Gasteiger partial charge in [0.1, 0.15) is 5.75 Å². The molecule has 20 heavy (non-hydrogen) atoms. The van der Waals surface area contributed by atoms with E-state index in [1.807, 2.05) is 6.07 Å². The van der Waals surface area contributed by atoms with Crippen molar-refractivity contribution in [3.05, 3.63) is 24.0 Å². The summed E-state index contributed by atoms with van der Waals surface area (Å²) >= 11 is 5.60. The van der Waals surface area contributed by atoms with Gasteiger partial charge in [-0.05, 0) is 18.4 Å². The first-order chi connectivity index (χ1) is 9.80. The lowest BCUT2D eigenvalue weighted by molar-refractivity contribution is 0.232. The first-order valence-electron chi connectivity index (χ1n) is 7.42. The molecule has 0 aliphatic carbocycles. The Morgan fingerprint density at radius 2 is 2.20 bits per heavy atom. The van der Waals surface area contributed by atoms with Crippen LogP contribution in [0.3, 0.4) is 0 Å². The average Bonchev–Trinajstić information content (AvgIpc) is 2.48.